The summed E-state index contributed by atoms with van der Waals surface area (Å²) >= 11 is 9.70. The molecule has 0 fully saturated rings. The highest BCUT2D eigenvalue weighted by atomic mass is 35.5. The first-order chi connectivity index (χ1) is 12.7. The number of thioether (sulfide) groups is 1. The molecule has 2 aromatic heterocycles. The van der Waals surface area contributed by atoms with Crippen LogP contribution in [0.5, 0.6) is 0 Å². The van der Waals surface area contributed by atoms with E-state index in [2.05, 4.69) is 51.3 Å². The summed E-state index contributed by atoms with van der Waals surface area (Å²) < 4.78 is 2.11. The number of aromatic nitrogens is 3. The summed E-state index contributed by atoms with van der Waals surface area (Å²) in [6.07, 6.45) is 0. The minimum Gasteiger partial charge on any atom is -0.269 e. The number of para-hydroxylation sites is 1. The van der Waals surface area contributed by atoms with Gasteiger partial charge in [-0.25, -0.2) is 0 Å². The molecule has 26 heavy (non-hydrogen) atoms. The molecular weight excluding hydrogens is 382 g/mol. The lowest BCUT2D eigenvalue weighted by atomic mass is 10.2. The van der Waals surface area contributed by atoms with E-state index in [0.29, 0.717) is 0 Å². The highest BCUT2D eigenvalue weighted by molar-refractivity contribution is 7.99. The van der Waals surface area contributed by atoms with Gasteiger partial charge >= 0.3 is 0 Å². The molecule has 0 saturated carbocycles. The van der Waals surface area contributed by atoms with Crippen LogP contribution in [0.4, 0.5) is 0 Å². The van der Waals surface area contributed by atoms with Crippen LogP contribution in [0.15, 0.2) is 77.3 Å². The molecule has 6 heteroatoms. The first kappa shape index (κ1) is 17.3. The molecule has 2 aromatic carbocycles. The Labute approximate surface area is 165 Å². The molecular formula is C20H16ClN3S2. The monoisotopic (exact) mass is 397 g/mol. The molecule has 0 aliphatic heterocycles. The molecule has 130 valence electrons. The van der Waals surface area contributed by atoms with E-state index >= 15 is 0 Å². The second kappa shape index (κ2) is 7.66. The quantitative estimate of drug-likeness (QED) is 0.360. The van der Waals surface area contributed by atoms with Crippen molar-refractivity contribution in [3.63, 3.8) is 0 Å². The van der Waals surface area contributed by atoms with Gasteiger partial charge in [-0.15, -0.1) is 21.5 Å². The topological polar surface area (TPSA) is 30.7 Å². The number of halogens is 1. The van der Waals surface area contributed by atoms with E-state index in [1.165, 1.54) is 0 Å². The molecule has 4 aromatic rings. The molecule has 0 aliphatic carbocycles. The van der Waals surface area contributed by atoms with E-state index in [1.807, 2.05) is 42.5 Å². The van der Waals surface area contributed by atoms with Crippen LogP contribution >= 0.6 is 34.7 Å². The van der Waals surface area contributed by atoms with Gasteiger partial charge in [0, 0.05) is 16.0 Å². The van der Waals surface area contributed by atoms with Crippen molar-refractivity contribution >= 4 is 34.7 Å². The minimum atomic E-state index is 0.159. The summed E-state index contributed by atoms with van der Waals surface area (Å²) in [6, 6.07) is 22.3. The Balaban J connectivity index is 1.76. The highest BCUT2D eigenvalue weighted by Crippen LogP contribution is 2.39. The van der Waals surface area contributed by atoms with Crippen molar-refractivity contribution in [2.24, 2.45) is 0 Å². The lowest BCUT2D eigenvalue weighted by Crippen LogP contribution is -2.00. The number of hydrogen-bond acceptors (Lipinski definition) is 4. The van der Waals surface area contributed by atoms with Crippen LogP contribution in [0, 0.1) is 0 Å². The van der Waals surface area contributed by atoms with Crippen LogP contribution in [0.2, 0.25) is 5.02 Å². The fourth-order valence-electron chi connectivity index (χ4n) is 2.75. The van der Waals surface area contributed by atoms with Crippen LogP contribution in [-0.2, 0) is 0 Å². The second-order valence-corrected chi connectivity index (χ2v) is 8.40. The largest absolute Gasteiger partial charge is 0.269 e. The molecule has 3 nitrogen and oxygen atoms in total. The number of rotatable bonds is 5. The van der Waals surface area contributed by atoms with Crippen LogP contribution in [-0.4, -0.2) is 14.8 Å². The third-order valence-corrected chi connectivity index (χ3v) is 6.31. The van der Waals surface area contributed by atoms with Crippen LogP contribution in [0.25, 0.3) is 16.4 Å². The molecule has 2 heterocycles. The van der Waals surface area contributed by atoms with E-state index in [-0.39, 0.29) is 5.25 Å². The van der Waals surface area contributed by atoms with Crippen molar-refractivity contribution in [3.8, 4) is 16.4 Å². The number of nitrogens with zero attached hydrogens (tertiary/aromatic N) is 3. The van der Waals surface area contributed by atoms with E-state index in [4.69, 9.17) is 11.6 Å². The Bertz CT molecular complexity index is 997. The maximum Gasteiger partial charge on any atom is 0.196 e. The van der Waals surface area contributed by atoms with Gasteiger partial charge in [-0.05, 0) is 42.1 Å². The van der Waals surface area contributed by atoms with Gasteiger partial charge in [0.25, 0.3) is 0 Å². The molecule has 0 radical (unpaired) electrons. The first-order valence-electron chi connectivity index (χ1n) is 8.20. The average Bonchev–Trinajstić information content (AvgIpc) is 3.32. The minimum absolute atomic E-state index is 0.159. The maximum atomic E-state index is 6.37. The molecule has 0 bridgehead atoms. The van der Waals surface area contributed by atoms with Crippen molar-refractivity contribution in [2.75, 3.05) is 0 Å². The van der Waals surface area contributed by atoms with Crippen molar-refractivity contribution < 1.29 is 0 Å². The van der Waals surface area contributed by atoms with Gasteiger partial charge in [-0.3, -0.25) is 4.57 Å². The van der Waals surface area contributed by atoms with Gasteiger partial charge in [-0.1, -0.05) is 65.8 Å². The van der Waals surface area contributed by atoms with Gasteiger partial charge in [0.1, 0.15) is 0 Å². The smallest absolute Gasteiger partial charge is 0.196 e. The van der Waals surface area contributed by atoms with Crippen molar-refractivity contribution in [2.45, 2.75) is 17.3 Å². The predicted octanol–water partition coefficient (Wildman–Crippen LogP) is 6.50. The summed E-state index contributed by atoms with van der Waals surface area (Å²) in [5.74, 6) is 0.861. The first-order valence-corrected chi connectivity index (χ1v) is 10.3. The summed E-state index contributed by atoms with van der Waals surface area (Å²) in [6.45, 7) is 2.14. The van der Waals surface area contributed by atoms with Gasteiger partial charge in [-0.2, -0.15) is 0 Å². The van der Waals surface area contributed by atoms with Gasteiger partial charge < -0.3 is 0 Å². The lowest BCUT2D eigenvalue weighted by Gasteiger charge is -2.14. The molecule has 0 unspecified atom stereocenters. The van der Waals surface area contributed by atoms with Crippen molar-refractivity contribution in [1.82, 2.24) is 14.8 Å². The highest BCUT2D eigenvalue weighted by Gasteiger charge is 2.20. The fourth-order valence-corrected chi connectivity index (χ4v) is 4.84. The van der Waals surface area contributed by atoms with Gasteiger partial charge in [0.05, 0.1) is 4.88 Å². The normalized spacial score (nSPS) is 12.2. The van der Waals surface area contributed by atoms with Gasteiger partial charge in [0.2, 0.25) is 0 Å². The zero-order valence-corrected chi connectivity index (χ0v) is 16.4. The Hall–Kier alpha value is -2.08. The van der Waals surface area contributed by atoms with Crippen LogP contribution < -0.4 is 0 Å². The average molecular weight is 398 g/mol. The summed E-state index contributed by atoms with van der Waals surface area (Å²) in [5.41, 5.74) is 2.15. The molecule has 1 atom stereocenters. The van der Waals surface area contributed by atoms with E-state index in [9.17, 15) is 0 Å². The second-order valence-electron chi connectivity index (χ2n) is 5.74. The van der Waals surface area contributed by atoms with Crippen LogP contribution in [0.3, 0.4) is 0 Å². The third kappa shape index (κ3) is 3.43. The summed E-state index contributed by atoms with van der Waals surface area (Å²) in [4.78, 5) is 1.10. The van der Waals surface area contributed by atoms with Crippen molar-refractivity contribution in [1.29, 1.82) is 0 Å². The molecule has 4 rings (SSSR count). The molecule has 0 N–H and O–H groups in total. The Morgan fingerprint density at radius 2 is 1.73 bits per heavy atom. The van der Waals surface area contributed by atoms with Gasteiger partial charge in [0.15, 0.2) is 11.0 Å². The predicted molar refractivity (Wildman–Crippen MR) is 110 cm³/mol. The zero-order valence-electron chi connectivity index (χ0n) is 14.0. The third-order valence-electron chi connectivity index (χ3n) is 4.01. The Kier molecular flexibility index (Phi) is 5.11. The molecule has 0 spiro atoms. The summed E-state index contributed by atoms with van der Waals surface area (Å²) in [7, 11) is 0. The maximum absolute atomic E-state index is 6.37. The van der Waals surface area contributed by atoms with E-state index in [0.717, 1.165) is 32.1 Å². The van der Waals surface area contributed by atoms with Crippen LogP contribution in [0.1, 0.15) is 17.7 Å². The standard InChI is InChI=1S/C20H16ClN3S2/c1-14(16-10-5-6-11-17(16)21)26-20-23-22-19(18-12-7-13-25-18)24(20)15-8-3-2-4-9-15/h2-14H,1H3/t14-/m1/s1. The SMILES string of the molecule is C[C@@H](Sc1nnc(-c2cccs2)n1-c1ccccc1)c1ccccc1Cl. The fraction of sp³-hybridized carbons (Fsp3) is 0.100. The number of benzene rings is 2. The zero-order chi connectivity index (χ0) is 17.9. The molecule has 0 amide bonds. The lowest BCUT2D eigenvalue weighted by molar-refractivity contribution is 0.879. The molecule has 0 saturated heterocycles. The Morgan fingerprint density at radius 3 is 2.46 bits per heavy atom. The summed E-state index contributed by atoms with van der Waals surface area (Å²) in [5, 5.41) is 12.8. The van der Waals surface area contributed by atoms with Crippen molar-refractivity contribution in [3.05, 3.63) is 82.7 Å². The number of thiophene rings is 1. The molecule has 0 aliphatic rings. The van der Waals surface area contributed by atoms with E-state index < -0.39 is 0 Å². The van der Waals surface area contributed by atoms with E-state index in [1.54, 1.807) is 23.1 Å². The number of hydrogen-bond donors (Lipinski definition) is 0. The Morgan fingerprint density at radius 1 is 0.962 bits per heavy atom.